The minimum Gasteiger partial charge on any atom is -0.353 e. The van der Waals surface area contributed by atoms with E-state index in [1.165, 1.54) is 11.9 Å². The van der Waals surface area contributed by atoms with E-state index < -0.39 is 6.04 Å². The van der Waals surface area contributed by atoms with Gasteiger partial charge >= 0.3 is 6.03 Å². The lowest BCUT2D eigenvalue weighted by atomic mass is 10.1. The Labute approximate surface area is 140 Å². The number of aromatic nitrogens is 1. The molecule has 4 amide bonds. The van der Waals surface area contributed by atoms with Crippen LogP contribution in [0.3, 0.4) is 0 Å². The summed E-state index contributed by atoms with van der Waals surface area (Å²) in [5, 5.41) is 0. The van der Waals surface area contributed by atoms with Crippen LogP contribution in [0.4, 0.5) is 10.6 Å². The molecule has 2 aliphatic heterocycles. The number of carbonyl (C=O) groups is 3. The molecule has 8 heteroatoms. The smallest absolute Gasteiger partial charge is 0.326 e. The van der Waals surface area contributed by atoms with E-state index in [-0.39, 0.29) is 24.3 Å². The van der Waals surface area contributed by atoms with Gasteiger partial charge in [0.15, 0.2) is 0 Å². The molecular weight excluding hydrogens is 310 g/mol. The Balaban J connectivity index is 1.56. The number of amides is 4. The van der Waals surface area contributed by atoms with Gasteiger partial charge in [0.2, 0.25) is 5.91 Å². The molecule has 0 saturated carbocycles. The highest BCUT2D eigenvalue weighted by Crippen LogP contribution is 2.19. The number of rotatable bonds is 3. The standard InChI is InChI=1S/C16H21N5O3/c1-18-12(15(23)19(2)16(18)24)11-14(22)21-9-7-20(8-10-21)13-5-3-4-6-17-13/h3-6,12H,7-11H2,1-2H3/t12-/m1/s1. The molecule has 8 nitrogen and oxygen atoms in total. The minimum atomic E-state index is -0.691. The topological polar surface area (TPSA) is 77.1 Å². The predicted octanol–water partition coefficient (Wildman–Crippen LogP) is 0.0127. The van der Waals surface area contributed by atoms with Crippen LogP contribution in [-0.4, -0.2) is 83.8 Å². The third-order valence-corrected chi connectivity index (χ3v) is 4.65. The van der Waals surface area contributed by atoms with E-state index in [0.717, 1.165) is 10.7 Å². The lowest BCUT2D eigenvalue weighted by Gasteiger charge is -2.36. The number of hydrogen-bond acceptors (Lipinski definition) is 5. The van der Waals surface area contributed by atoms with Crippen LogP contribution in [0.2, 0.25) is 0 Å². The monoisotopic (exact) mass is 331 g/mol. The fourth-order valence-electron chi connectivity index (χ4n) is 3.10. The van der Waals surface area contributed by atoms with Gasteiger partial charge in [0.25, 0.3) is 5.91 Å². The molecule has 1 aromatic heterocycles. The van der Waals surface area contributed by atoms with E-state index in [9.17, 15) is 14.4 Å². The zero-order valence-electron chi connectivity index (χ0n) is 13.9. The molecule has 24 heavy (non-hydrogen) atoms. The Morgan fingerprint density at radius 1 is 1.17 bits per heavy atom. The second kappa shape index (κ2) is 6.46. The van der Waals surface area contributed by atoms with Crippen LogP contribution in [0.15, 0.2) is 24.4 Å². The van der Waals surface area contributed by atoms with E-state index in [1.54, 1.807) is 18.1 Å². The normalized spacial score (nSPS) is 21.7. The summed E-state index contributed by atoms with van der Waals surface area (Å²) in [6.45, 7) is 2.58. The molecule has 3 heterocycles. The molecule has 0 unspecified atom stereocenters. The summed E-state index contributed by atoms with van der Waals surface area (Å²) in [5.41, 5.74) is 0. The highest BCUT2D eigenvalue weighted by Gasteiger charge is 2.42. The van der Waals surface area contributed by atoms with Gasteiger partial charge in [-0.25, -0.2) is 9.78 Å². The van der Waals surface area contributed by atoms with Gasteiger partial charge < -0.3 is 14.7 Å². The van der Waals surface area contributed by atoms with Crippen LogP contribution in [0.1, 0.15) is 6.42 Å². The molecule has 0 aromatic carbocycles. The van der Waals surface area contributed by atoms with Crippen molar-refractivity contribution in [2.45, 2.75) is 12.5 Å². The van der Waals surface area contributed by atoms with E-state index in [1.807, 2.05) is 18.2 Å². The van der Waals surface area contributed by atoms with Gasteiger partial charge in [-0.05, 0) is 12.1 Å². The Morgan fingerprint density at radius 2 is 1.88 bits per heavy atom. The van der Waals surface area contributed by atoms with E-state index in [0.29, 0.717) is 26.2 Å². The van der Waals surface area contributed by atoms with Gasteiger partial charge in [0, 0.05) is 46.5 Å². The van der Waals surface area contributed by atoms with Crippen molar-refractivity contribution < 1.29 is 14.4 Å². The molecular formula is C16H21N5O3. The number of pyridine rings is 1. The van der Waals surface area contributed by atoms with Crippen LogP contribution in [0.5, 0.6) is 0 Å². The lowest BCUT2D eigenvalue weighted by Crippen LogP contribution is -2.50. The van der Waals surface area contributed by atoms with Crippen molar-refractivity contribution in [3.63, 3.8) is 0 Å². The van der Waals surface area contributed by atoms with Crippen molar-refractivity contribution >= 4 is 23.7 Å². The maximum Gasteiger partial charge on any atom is 0.326 e. The Morgan fingerprint density at radius 3 is 2.42 bits per heavy atom. The first-order chi connectivity index (χ1) is 11.5. The number of imide groups is 1. The van der Waals surface area contributed by atoms with Gasteiger partial charge in [0.1, 0.15) is 11.9 Å². The second-order valence-electron chi connectivity index (χ2n) is 6.07. The van der Waals surface area contributed by atoms with Crippen molar-refractivity contribution in [1.82, 2.24) is 19.7 Å². The quantitative estimate of drug-likeness (QED) is 0.730. The van der Waals surface area contributed by atoms with Crippen LogP contribution in [-0.2, 0) is 9.59 Å². The summed E-state index contributed by atoms with van der Waals surface area (Å²) >= 11 is 0. The maximum absolute atomic E-state index is 12.5. The third kappa shape index (κ3) is 2.91. The van der Waals surface area contributed by atoms with Crippen LogP contribution >= 0.6 is 0 Å². The van der Waals surface area contributed by atoms with Gasteiger partial charge in [-0.2, -0.15) is 0 Å². The molecule has 2 saturated heterocycles. The molecule has 2 fully saturated rings. The molecule has 0 bridgehead atoms. The zero-order valence-corrected chi connectivity index (χ0v) is 13.9. The first-order valence-electron chi connectivity index (χ1n) is 7.97. The fraction of sp³-hybridized carbons (Fsp3) is 0.500. The van der Waals surface area contributed by atoms with Crippen molar-refractivity contribution in [2.75, 3.05) is 45.2 Å². The molecule has 2 aliphatic rings. The van der Waals surface area contributed by atoms with Crippen LogP contribution in [0.25, 0.3) is 0 Å². The van der Waals surface area contributed by atoms with Crippen molar-refractivity contribution in [3.05, 3.63) is 24.4 Å². The first kappa shape index (κ1) is 16.2. The van der Waals surface area contributed by atoms with Crippen molar-refractivity contribution in [2.24, 2.45) is 0 Å². The maximum atomic E-state index is 12.5. The van der Waals surface area contributed by atoms with Crippen molar-refractivity contribution in [3.8, 4) is 0 Å². The number of anilines is 1. The summed E-state index contributed by atoms with van der Waals surface area (Å²) < 4.78 is 0. The third-order valence-electron chi connectivity index (χ3n) is 4.65. The van der Waals surface area contributed by atoms with Crippen molar-refractivity contribution in [1.29, 1.82) is 0 Å². The van der Waals surface area contributed by atoms with Gasteiger partial charge in [0.05, 0.1) is 6.42 Å². The fourth-order valence-corrected chi connectivity index (χ4v) is 3.10. The van der Waals surface area contributed by atoms with Crippen LogP contribution in [0, 0.1) is 0 Å². The molecule has 1 atom stereocenters. The van der Waals surface area contributed by atoms with Gasteiger partial charge in [-0.3, -0.25) is 14.5 Å². The number of likely N-dealkylation sites (N-methyl/N-ethyl adjacent to an activating group) is 2. The van der Waals surface area contributed by atoms with E-state index in [4.69, 9.17) is 0 Å². The largest absolute Gasteiger partial charge is 0.353 e. The molecule has 0 radical (unpaired) electrons. The highest BCUT2D eigenvalue weighted by molar-refractivity contribution is 6.05. The van der Waals surface area contributed by atoms with E-state index in [2.05, 4.69) is 9.88 Å². The summed E-state index contributed by atoms with van der Waals surface area (Å²) in [5.74, 6) is 0.495. The Hall–Kier alpha value is -2.64. The number of nitrogens with zero attached hydrogens (tertiary/aromatic N) is 5. The molecule has 0 spiro atoms. The lowest BCUT2D eigenvalue weighted by molar-refractivity contribution is -0.136. The van der Waals surface area contributed by atoms with E-state index >= 15 is 0 Å². The molecule has 1 aromatic rings. The van der Waals surface area contributed by atoms with Crippen LogP contribution < -0.4 is 4.90 Å². The highest BCUT2D eigenvalue weighted by atomic mass is 16.2. The number of carbonyl (C=O) groups excluding carboxylic acids is 3. The summed E-state index contributed by atoms with van der Waals surface area (Å²) in [7, 11) is 3.00. The SMILES string of the molecule is CN1C(=O)[C@@H](CC(=O)N2CCN(c3ccccn3)CC2)N(C)C1=O. The molecule has 0 N–H and O–H groups in total. The average molecular weight is 331 g/mol. The number of urea groups is 1. The molecule has 3 rings (SSSR count). The zero-order chi connectivity index (χ0) is 17.3. The number of hydrogen-bond donors (Lipinski definition) is 0. The van der Waals surface area contributed by atoms with Gasteiger partial charge in [-0.15, -0.1) is 0 Å². The Bertz CT molecular complexity index is 642. The predicted molar refractivity (Wildman–Crippen MR) is 87.4 cm³/mol. The van der Waals surface area contributed by atoms with Gasteiger partial charge in [-0.1, -0.05) is 6.07 Å². The average Bonchev–Trinajstić information content (AvgIpc) is 2.80. The first-order valence-corrected chi connectivity index (χ1v) is 7.97. The summed E-state index contributed by atoms with van der Waals surface area (Å²) in [6, 6.07) is 4.71. The Kier molecular flexibility index (Phi) is 4.37. The number of piperazine rings is 1. The molecule has 128 valence electrons. The summed E-state index contributed by atoms with van der Waals surface area (Å²) in [4.78, 5) is 46.9. The minimum absolute atomic E-state index is 0.0367. The molecule has 0 aliphatic carbocycles. The second-order valence-corrected chi connectivity index (χ2v) is 6.07. The summed E-state index contributed by atoms with van der Waals surface area (Å²) in [6.07, 6.45) is 1.79.